The summed E-state index contributed by atoms with van der Waals surface area (Å²) in [5, 5.41) is 11.7. The number of fused-ring (bicyclic) bond motifs is 1. The van der Waals surface area contributed by atoms with E-state index < -0.39 is 6.09 Å². The van der Waals surface area contributed by atoms with Crippen LogP contribution in [0.5, 0.6) is 0 Å². The van der Waals surface area contributed by atoms with E-state index in [4.69, 9.17) is 15.6 Å². The Hall–Kier alpha value is -1.82. The van der Waals surface area contributed by atoms with Gasteiger partial charge in [-0.2, -0.15) is 0 Å². The standard InChI is InChI=1S/C14H19N3O3/c15-10-7-16-5-4-8(10)13-6-11(17-14(18)19)9-2-1-3-12(9)20-13/h4-5,7,9,11-13,17H,1-3,6,15H2,(H,18,19)/t9-,11-,12-,13-/m0/s1. The van der Waals surface area contributed by atoms with E-state index in [1.165, 1.54) is 0 Å². The van der Waals surface area contributed by atoms with Crippen LogP contribution in [0, 0.1) is 5.92 Å². The molecule has 1 aliphatic carbocycles. The molecule has 1 aromatic heterocycles. The monoisotopic (exact) mass is 277 g/mol. The Bertz CT molecular complexity index is 508. The van der Waals surface area contributed by atoms with Crippen LogP contribution >= 0.6 is 0 Å². The maximum atomic E-state index is 11.0. The summed E-state index contributed by atoms with van der Waals surface area (Å²) in [6.07, 6.45) is 6.02. The van der Waals surface area contributed by atoms with Crippen LogP contribution in [0.4, 0.5) is 10.5 Å². The molecule has 2 heterocycles. The molecule has 6 heteroatoms. The van der Waals surface area contributed by atoms with Crippen LogP contribution < -0.4 is 11.1 Å². The molecule has 6 nitrogen and oxygen atoms in total. The molecule has 4 N–H and O–H groups in total. The van der Waals surface area contributed by atoms with Gasteiger partial charge in [0.2, 0.25) is 0 Å². The minimum Gasteiger partial charge on any atom is -0.465 e. The van der Waals surface area contributed by atoms with E-state index in [2.05, 4.69) is 10.3 Å². The number of amides is 1. The van der Waals surface area contributed by atoms with Crippen LogP contribution in [0.15, 0.2) is 18.5 Å². The normalized spacial score (nSPS) is 32.6. The predicted octanol–water partition coefficient (Wildman–Crippen LogP) is 1.93. The molecule has 1 saturated heterocycles. The van der Waals surface area contributed by atoms with Crippen LogP contribution in [-0.4, -0.2) is 28.3 Å². The van der Waals surface area contributed by atoms with Gasteiger partial charge in [-0.1, -0.05) is 6.42 Å². The zero-order valence-corrected chi connectivity index (χ0v) is 11.2. The smallest absolute Gasteiger partial charge is 0.404 e. The summed E-state index contributed by atoms with van der Waals surface area (Å²) >= 11 is 0. The van der Waals surface area contributed by atoms with Gasteiger partial charge in [0.05, 0.1) is 24.1 Å². The molecular formula is C14H19N3O3. The third kappa shape index (κ3) is 2.43. The first kappa shape index (κ1) is 13.2. The first-order valence-corrected chi connectivity index (χ1v) is 6.99. The van der Waals surface area contributed by atoms with Crippen LogP contribution in [0.2, 0.25) is 0 Å². The predicted molar refractivity (Wildman–Crippen MR) is 73.2 cm³/mol. The Labute approximate surface area is 117 Å². The summed E-state index contributed by atoms with van der Waals surface area (Å²) in [4.78, 5) is 15.0. The van der Waals surface area contributed by atoms with Crippen molar-refractivity contribution in [3.8, 4) is 0 Å². The van der Waals surface area contributed by atoms with Crippen molar-refractivity contribution in [2.24, 2.45) is 5.92 Å². The first-order chi connectivity index (χ1) is 9.65. The number of ether oxygens (including phenoxy) is 1. The van der Waals surface area contributed by atoms with Crippen molar-refractivity contribution in [2.45, 2.75) is 43.9 Å². The fourth-order valence-electron chi connectivity index (χ4n) is 3.49. The average Bonchev–Trinajstić information content (AvgIpc) is 2.87. The molecule has 0 spiro atoms. The number of anilines is 1. The molecule has 1 aromatic rings. The van der Waals surface area contributed by atoms with Gasteiger partial charge in [-0.15, -0.1) is 0 Å². The number of carbonyl (C=O) groups is 1. The molecule has 0 unspecified atom stereocenters. The van der Waals surface area contributed by atoms with Crippen molar-refractivity contribution in [1.82, 2.24) is 10.3 Å². The lowest BCUT2D eigenvalue weighted by atomic mass is 9.86. The van der Waals surface area contributed by atoms with Gasteiger partial charge in [-0.3, -0.25) is 4.98 Å². The van der Waals surface area contributed by atoms with Gasteiger partial charge in [0.15, 0.2) is 0 Å². The van der Waals surface area contributed by atoms with E-state index in [9.17, 15) is 4.79 Å². The summed E-state index contributed by atoms with van der Waals surface area (Å²) in [5.74, 6) is 0.283. The molecule has 1 amide bonds. The molecule has 20 heavy (non-hydrogen) atoms. The van der Waals surface area contributed by atoms with E-state index in [1.54, 1.807) is 12.4 Å². The summed E-state index contributed by atoms with van der Waals surface area (Å²) in [7, 11) is 0. The topological polar surface area (TPSA) is 97.5 Å². The second-order valence-corrected chi connectivity index (χ2v) is 5.55. The highest BCUT2D eigenvalue weighted by Crippen LogP contribution is 2.43. The number of nitrogens with zero attached hydrogens (tertiary/aromatic N) is 1. The van der Waals surface area contributed by atoms with Crippen molar-refractivity contribution in [3.05, 3.63) is 24.0 Å². The van der Waals surface area contributed by atoms with Gasteiger partial charge in [0, 0.05) is 23.7 Å². The van der Waals surface area contributed by atoms with Crippen molar-refractivity contribution < 1.29 is 14.6 Å². The SMILES string of the molecule is Nc1cnccc1[C@@H]1C[C@H](NC(=O)O)[C@@H]2CCC[C@@H]2O1. The minimum atomic E-state index is -0.969. The second-order valence-electron chi connectivity index (χ2n) is 5.55. The lowest BCUT2D eigenvalue weighted by Crippen LogP contribution is -2.48. The lowest BCUT2D eigenvalue weighted by Gasteiger charge is -2.39. The number of nitrogens with one attached hydrogen (secondary N) is 1. The number of nitrogens with two attached hydrogens (primary N) is 1. The van der Waals surface area contributed by atoms with Crippen LogP contribution in [-0.2, 0) is 4.74 Å². The fourth-order valence-corrected chi connectivity index (χ4v) is 3.49. The number of aromatic nitrogens is 1. The fraction of sp³-hybridized carbons (Fsp3) is 0.571. The van der Waals surface area contributed by atoms with E-state index in [1.807, 2.05) is 6.07 Å². The molecular weight excluding hydrogens is 258 g/mol. The molecule has 2 aliphatic rings. The Morgan fingerprint density at radius 2 is 2.35 bits per heavy atom. The number of hydrogen-bond donors (Lipinski definition) is 3. The third-order valence-electron chi connectivity index (χ3n) is 4.37. The maximum absolute atomic E-state index is 11.0. The summed E-state index contributed by atoms with van der Waals surface area (Å²) in [6.45, 7) is 0. The van der Waals surface area contributed by atoms with E-state index >= 15 is 0 Å². The van der Waals surface area contributed by atoms with E-state index in [0.717, 1.165) is 24.8 Å². The van der Waals surface area contributed by atoms with Gasteiger partial charge in [-0.05, 0) is 25.3 Å². The molecule has 108 valence electrons. The second kappa shape index (κ2) is 5.28. The summed E-state index contributed by atoms with van der Waals surface area (Å²) < 4.78 is 6.15. The number of carboxylic acid groups (broad SMARTS) is 1. The summed E-state index contributed by atoms with van der Waals surface area (Å²) in [6, 6.07) is 1.79. The van der Waals surface area contributed by atoms with Gasteiger partial charge in [-0.25, -0.2) is 4.79 Å². The van der Waals surface area contributed by atoms with Crippen LogP contribution in [0.25, 0.3) is 0 Å². The van der Waals surface area contributed by atoms with Crippen molar-refractivity contribution in [2.75, 3.05) is 5.73 Å². The Morgan fingerprint density at radius 1 is 1.50 bits per heavy atom. The molecule has 1 aliphatic heterocycles. The van der Waals surface area contributed by atoms with Crippen molar-refractivity contribution in [3.63, 3.8) is 0 Å². The molecule has 4 atom stereocenters. The van der Waals surface area contributed by atoms with Crippen molar-refractivity contribution in [1.29, 1.82) is 0 Å². The average molecular weight is 277 g/mol. The Morgan fingerprint density at radius 3 is 3.10 bits per heavy atom. The van der Waals surface area contributed by atoms with Gasteiger partial charge < -0.3 is 20.9 Å². The van der Waals surface area contributed by atoms with E-state index in [0.29, 0.717) is 12.1 Å². The maximum Gasteiger partial charge on any atom is 0.404 e. The van der Waals surface area contributed by atoms with Crippen molar-refractivity contribution >= 4 is 11.8 Å². The number of pyridine rings is 1. The zero-order valence-electron chi connectivity index (χ0n) is 11.2. The third-order valence-corrected chi connectivity index (χ3v) is 4.37. The number of hydrogen-bond acceptors (Lipinski definition) is 4. The lowest BCUT2D eigenvalue weighted by molar-refractivity contribution is -0.0846. The van der Waals surface area contributed by atoms with Gasteiger partial charge in [0.1, 0.15) is 0 Å². The minimum absolute atomic E-state index is 0.0636. The highest BCUT2D eigenvalue weighted by molar-refractivity contribution is 5.65. The molecule has 2 fully saturated rings. The molecule has 1 saturated carbocycles. The largest absolute Gasteiger partial charge is 0.465 e. The number of nitrogen functional groups attached to an aromatic ring is 1. The molecule has 3 rings (SSSR count). The Kier molecular flexibility index (Phi) is 3.48. The highest BCUT2D eigenvalue weighted by atomic mass is 16.5. The number of rotatable bonds is 2. The van der Waals surface area contributed by atoms with Crippen LogP contribution in [0.1, 0.15) is 37.4 Å². The van der Waals surface area contributed by atoms with Gasteiger partial charge >= 0.3 is 6.09 Å². The molecule has 0 aromatic carbocycles. The van der Waals surface area contributed by atoms with E-state index in [-0.39, 0.29) is 24.2 Å². The first-order valence-electron chi connectivity index (χ1n) is 6.99. The Balaban J connectivity index is 1.83. The molecule has 0 bridgehead atoms. The summed E-state index contributed by atoms with van der Waals surface area (Å²) in [5.41, 5.74) is 7.46. The van der Waals surface area contributed by atoms with Gasteiger partial charge in [0.25, 0.3) is 0 Å². The molecule has 0 radical (unpaired) electrons. The zero-order chi connectivity index (χ0) is 14.1. The quantitative estimate of drug-likeness (QED) is 0.767. The van der Waals surface area contributed by atoms with Crippen LogP contribution in [0.3, 0.4) is 0 Å². The highest BCUT2D eigenvalue weighted by Gasteiger charge is 2.42.